The first-order valence-corrected chi connectivity index (χ1v) is 6.23. The molecule has 0 aliphatic heterocycles. The van der Waals surface area contributed by atoms with E-state index in [4.69, 9.17) is 4.42 Å². The number of esters is 2. The third-order valence-corrected chi connectivity index (χ3v) is 3.32. The maximum atomic E-state index is 11.6. The number of aryl methyl sites for hydroxylation is 1. The molecule has 0 radical (unpaired) electrons. The van der Waals surface area contributed by atoms with Crippen molar-refractivity contribution in [2.75, 3.05) is 14.2 Å². The Bertz CT molecular complexity index is 594. The van der Waals surface area contributed by atoms with Crippen LogP contribution >= 0.6 is 11.3 Å². The average Bonchev–Trinajstić information content (AvgIpc) is 3.02. The Labute approximate surface area is 113 Å². The number of methoxy groups -OCH3 is 2. The first-order valence-electron chi connectivity index (χ1n) is 5.29. The van der Waals surface area contributed by atoms with Gasteiger partial charge in [0.05, 0.1) is 19.8 Å². The van der Waals surface area contributed by atoms with Gasteiger partial charge in [0.15, 0.2) is 0 Å². The molecule has 0 N–H and O–H groups in total. The van der Waals surface area contributed by atoms with E-state index in [1.54, 1.807) is 0 Å². The van der Waals surface area contributed by atoms with Crippen molar-refractivity contribution in [2.24, 2.45) is 0 Å². The third kappa shape index (κ3) is 2.37. The molecule has 6 nitrogen and oxygen atoms in total. The molecule has 2 heterocycles. The van der Waals surface area contributed by atoms with E-state index in [2.05, 4.69) is 14.5 Å². The summed E-state index contributed by atoms with van der Waals surface area (Å²) >= 11 is 1.47. The van der Waals surface area contributed by atoms with Crippen LogP contribution in [0.5, 0.6) is 0 Å². The monoisotopic (exact) mass is 281 g/mol. The zero-order valence-electron chi connectivity index (χ0n) is 10.6. The normalized spacial score (nSPS) is 10.3. The van der Waals surface area contributed by atoms with Gasteiger partial charge in [-0.25, -0.2) is 14.6 Å². The minimum absolute atomic E-state index is 0.185. The van der Waals surface area contributed by atoms with Gasteiger partial charge >= 0.3 is 11.9 Å². The van der Waals surface area contributed by atoms with Crippen LogP contribution < -0.4 is 0 Å². The van der Waals surface area contributed by atoms with Gasteiger partial charge in [-0.3, -0.25) is 0 Å². The van der Waals surface area contributed by atoms with Crippen LogP contribution in [-0.4, -0.2) is 31.1 Å². The Morgan fingerprint density at radius 2 is 1.89 bits per heavy atom. The van der Waals surface area contributed by atoms with Gasteiger partial charge in [-0.05, 0) is 17.9 Å². The third-order valence-electron chi connectivity index (χ3n) is 2.46. The minimum atomic E-state index is -0.771. The molecule has 100 valence electrons. The van der Waals surface area contributed by atoms with Crippen LogP contribution in [0.4, 0.5) is 0 Å². The van der Waals surface area contributed by atoms with Crippen molar-refractivity contribution < 1.29 is 23.5 Å². The molecule has 2 aromatic heterocycles. The second-order valence-corrected chi connectivity index (χ2v) is 4.39. The number of carbonyl (C=O) groups excluding carboxylic acids is 2. The van der Waals surface area contributed by atoms with Crippen LogP contribution in [0.15, 0.2) is 15.2 Å². The number of hydrogen-bond acceptors (Lipinski definition) is 7. The molecule has 0 saturated heterocycles. The highest BCUT2D eigenvalue weighted by atomic mass is 32.1. The summed E-state index contributed by atoms with van der Waals surface area (Å²) in [5.74, 6) is -1.58. The predicted molar refractivity (Wildman–Crippen MR) is 67.2 cm³/mol. The molecule has 0 aliphatic carbocycles. The quantitative estimate of drug-likeness (QED) is 0.803. The summed E-state index contributed by atoms with van der Waals surface area (Å²) in [4.78, 5) is 27.2. The van der Waals surface area contributed by atoms with Gasteiger partial charge in [0, 0.05) is 5.38 Å². The topological polar surface area (TPSA) is 78.6 Å². The number of aromatic nitrogens is 1. The molecule has 0 spiro atoms. The van der Waals surface area contributed by atoms with Crippen LogP contribution in [0.2, 0.25) is 0 Å². The lowest BCUT2D eigenvalue weighted by Gasteiger charge is -1.96. The Kier molecular flexibility index (Phi) is 3.66. The number of carbonyl (C=O) groups is 2. The van der Waals surface area contributed by atoms with Gasteiger partial charge in [-0.15, -0.1) is 0 Å². The molecular formula is C12H11NO5S. The van der Waals surface area contributed by atoms with Crippen molar-refractivity contribution in [1.82, 2.24) is 4.98 Å². The van der Waals surface area contributed by atoms with E-state index < -0.39 is 11.9 Å². The van der Waals surface area contributed by atoms with Crippen LogP contribution in [0.1, 0.15) is 26.6 Å². The zero-order chi connectivity index (χ0) is 14.0. The number of hydrogen-bond donors (Lipinski definition) is 0. The molecule has 0 aromatic carbocycles. The van der Waals surface area contributed by atoms with Crippen molar-refractivity contribution in [1.29, 1.82) is 0 Å². The number of nitrogens with zero attached hydrogens (tertiary/aromatic N) is 1. The highest BCUT2D eigenvalue weighted by Crippen LogP contribution is 2.28. The summed E-state index contributed by atoms with van der Waals surface area (Å²) in [5.41, 5.74) is 1.49. The molecule has 0 aliphatic rings. The van der Waals surface area contributed by atoms with Gasteiger partial charge in [0.25, 0.3) is 0 Å². The fourth-order valence-electron chi connectivity index (χ4n) is 1.48. The number of ether oxygens (including phenoxy) is 2. The Balaban J connectivity index is 2.55. The van der Waals surface area contributed by atoms with Gasteiger partial charge in [0.1, 0.15) is 0 Å². The fraction of sp³-hybridized carbons (Fsp3) is 0.250. The summed E-state index contributed by atoms with van der Waals surface area (Å²) < 4.78 is 14.5. The smallest absolute Gasteiger partial charge is 0.376 e. The van der Waals surface area contributed by atoms with E-state index in [-0.39, 0.29) is 17.3 Å². The summed E-state index contributed by atoms with van der Waals surface area (Å²) in [6, 6.07) is 0. The number of thiophene rings is 1. The highest BCUT2D eigenvalue weighted by Gasteiger charge is 2.27. The van der Waals surface area contributed by atoms with Crippen LogP contribution in [-0.2, 0) is 9.47 Å². The lowest BCUT2D eigenvalue weighted by molar-refractivity contribution is 0.0527. The zero-order valence-corrected chi connectivity index (χ0v) is 11.4. The molecule has 0 bridgehead atoms. The lowest BCUT2D eigenvalue weighted by Crippen LogP contribution is -2.10. The SMILES string of the molecule is COC(=O)c1nc(-c2cscc2C)oc1C(=O)OC. The largest absolute Gasteiger partial charge is 0.464 e. The van der Waals surface area contributed by atoms with Crippen molar-refractivity contribution >= 4 is 23.3 Å². The molecule has 0 saturated carbocycles. The molecule has 7 heteroatoms. The Morgan fingerprint density at radius 1 is 1.21 bits per heavy atom. The van der Waals surface area contributed by atoms with Crippen LogP contribution in [0.3, 0.4) is 0 Å². The average molecular weight is 281 g/mol. The summed E-state index contributed by atoms with van der Waals surface area (Å²) in [5, 5.41) is 3.73. The highest BCUT2D eigenvalue weighted by molar-refractivity contribution is 7.08. The van der Waals surface area contributed by atoms with Gasteiger partial charge in [0.2, 0.25) is 17.3 Å². The van der Waals surface area contributed by atoms with Crippen molar-refractivity contribution in [3.63, 3.8) is 0 Å². The summed E-state index contributed by atoms with van der Waals surface area (Å²) in [6.07, 6.45) is 0. The van der Waals surface area contributed by atoms with Gasteiger partial charge < -0.3 is 13.9 Å². The van der Waals surface area contributed by atoms with Crippen LogP contribution in [0.25, 0.3) is 11.5 Å². The van der Waals surface area contributed by atoms with E-state index in [1.165, 1.54) is 25.6 Å². The van der Waals surface area contributed by atoms with Gasteiger partial charge in [-0.1, -0.05) is 0 Å². The maximum absolute atomic E-state index is 11.6. The minimum Gasteiger partial charge on any atom is -0.464 e. The lowest BCUT2D eigenvalue weighted by atomic mass is 10.2. The van der Waals surface area contributed by atoms with E-state index in [0.717, 1.165) is 11.1 Å². The Morgan fingerprint density at radius 3 is 2.42 bits per heavy atom. The van der Waals surface area contributed by atoms with E-state index >= 15 is 0 Å². The summed E-state index contributed by atoms with van der Waals surface area (Å²) in [6.45, 7) is 1.88. The fourth-order valence-corrected chi connectivity index (χ4v) is 2.30. The van der Waals surface area contributed by atoms with E-state index in [0.29, 0.717) is 0 Å². The Hall–Kier alpha value is -2.15. The molecule has 0 unspecified atom stereocenters. The molecular weight excluding hydrogens is 270 g/mol. The van der Waals surface area contributed by atoms with E-state index in [1.807, 2.05) is 17.7 Å². The summed E-state index contributed by atoms with van der Waals surface area (Å²) in [7, 11) is 2.40. The molecule has 2 rings (SSSR count). The number of oxazole rings is 1. The molecule has 19 heavy (non-hydrogen) atoms. The first-order chi connectivity index (χ1) is 9.08. The first kappa shape index (κ1) is 13.3. The number of rotatable bonds is 3. The second kappa shape index (κ2) is 5.23. The standard InChI is InChI=1S/C12H11NO5S/c1-6-4-19-5-7(6)10-13-8(11(14)16-2)9(18-10)12(15)17-3/h4-5H,1-3H3. The van der Waals surface area contributed by atoms with E-state index in [9.17, 15) is 9.59 Å². The van der Waals surface area contributed by atoms with Crippen molar-refractivity contribution in [3.8, 4) is 11.5 Å². The van der Waals surface area contributed by atoms with Crippen molar-refractivity contribution in [3.05, 3.63) is 27.8 Å². The van der Waals surface area contributed by atoms with Crippen molar-refractivity contribution in [2.45, 2.75) is 6.92 Å². The molecule has 2 aromatic rings. The maximum Gasteiger partial charge on any atom is 0.376 e. The van der Waals surface area contributed by atoms with Crippen LogP contribution in [0, 0.1) is 6.92 Å². The molecule has 0 amide bonds. The second-order valence-electron chi connectivity index (χ2n) is 3.65. The predicted octanol–water partition coefficient (Wildman–Crippen LogP) is 2.28. The molecule has 0 atom stereocenters. The van der Waals surface area contributed by atoms with Gasteiger partial charge in [-0.2, -0.15) is 11.3 Å². The molecule has 0 fully saturated rings.